The van der Waals surface area contributed by atoms with E-state index in [4.69, 9.17) is 0 Å². The van der Waals surface area contributed by atoms with E-state index in [0.717, 1.165) is 28.9 Å². The van der Waals surface area contributed by atoms with Crippen LogP contribution in [0.2, 0.25) is 0 Å². The maximum absolute atomic E-state index is 12.0. The van der Waals surface area contributed by atoms with Crippen molar-refractivity contribution in [1.82, 2.24) is 14.5 Å². The van der Waals surface area contributed by atoms with Gasteiger partial charge in [-0.05, 0) is 30.3 Å². The van der Waals surface area contributed by atoms with Gasteiger partial charge < -0.3 is 4.74 Å². The molecule has 1 aromatic carbocycles. The molecule has 0 radical (unpaired) electrons. The van der Waals surface area contributed by atoms with Crippen LogP contribution in [0.5, 0.6) is 5.75 Å². The van der Waals surface area contributed by atoms with E-state index >= 15 is 0 Å². The van der Waals surface area contributed by atoms with Crippen LogP contribution in [0.1, 0.15) is 0 Å². The van der Waals surface area contributed by atoms with Crippen molar-refractivity contribution in [2.24, 2.45) is 0 Å². The Kier molecular flexibility index (Phi) is 5.24. The molecule has 0 atom stereocenters. The van der Waals surface area contributed by atoms with E-state index in [1.165, 1.54) is 18.3 Å². The minimum atomic E-state index is -4.85. The Morgan fingerprint density at radius 2 is 1.83 bits per heavy atom. The molecular weight excluding hydrogens is 351 g/mol. The summed E-state index contributed by atoms with van der Waals surface area (Å²) in [5, 5.41) is 3.76. The standard InChI is InChI=1S/C13H12F3N3O4S/c14-13(15,16)23-10-3-5-11(6-4-10)24(21,22)18-8-9-19-12(20)2-1-7-17-19/h1-7,18H,8-9H2. The zero-order chi connectivity index (χ0) is 17.8. The fourth-order valence-electron chi connectivity index (χ4n) is 1.74. The van der Waals surface area contributed by atoms with Crippen molar-refractivity contribution >= 4 is 10.0 Å². The highest BCUT2D eigenvalue weighted by atomic mass is 32.2. The van der Waals surface area contributed by atoms with Crippen molar-refractivity contribution < 1.29 is 26.3 Å². The molecule has 2 aromatic rings. The first-order chi connectivity index (χ1) is 11.2. The number of benzene rings is 1. The van der Waals surface area contributed by atoms with Gasteiger partial charge in [0.1, 0.15) is 5.75 Å². The van der Waals surface area contributed by atoms with E-state index in [9.17, 15) is 26.4 Å². The molecule has 0 spiro atoms. The van der Waals surface area contributed by atoms with Crippen LogP contribution in [0.25, 0.3) is 0 Å². The average molecular weight is 363 g/mol. The molecule has 130 valence electrons. The largest absolute Gasteiger partial charge is 0.573 e. The molecule has 0 aliphatic heterocycles. The van der Waals surface area contributed by atoms with E-state index in [0.29, 0.717) is 0 Å². The molecule has 0 aliphatic carbocycles. The highest BCUT2D eigenvalue weighted by molar-refractivity contribution is 7.89. The Labute approximate surface area is 134 Å². The highest BCUT2D eigenvalue weighted by Gasteiger charge is 2.31. The second kappa shape index (κ2) is 7.01. The van der Waals surface area contributed by atoms with Crippen LogP contribution in [0.3, 0.4) is 0 Å². The van der Waals surface area contributed by atoms with Crippen LogP contribution in [0.15, 0.2) is 52.3 Å². The van der Waals surface area contributed by atoms with Crippen LogP contribution in [-0.4, -0.2) is 31.1 Å². The van der Waals surface area contributed by atoms with Gasteiger partial charge in [0.25, 0.3) is 5.56 Å². The quantitative estimate of drug-likeness (QED) is 0.831. The minimum absolute atomic E-state index is 0.00811. The Morgan fingerprint density at radius 1 is 1.17 bits per heavy atom. The zero-order valence-corrected chi connectivity index (χ0v) is 12.8. The summed E-state index contributed by atoms with van der Waals surface area (Å²) in [5.74, 6) is -0.526. The average Bonchev–Trinajstić information content (AvgIpc) is 2.48. The smallest absolute Gasteiger partial charge is 0.406 e. The lowest BCUT2D eigenvalue weighted by Crippen LogP contribution is -2.31. The number of nitrogens with one attached hydrogen (secondary N) is 1. The molecular formula is C13H12F3N3O4S. The first-order valence-corrected chi connectivity index (χ1v) is 8.03. The lowest BCUT2D eigenvalue weighted by molar-refractivity contribution is -0.274. The second-order valence-electron chi connectivity index (χ2n) is 4.50. The van der Waals surface area contributed by atoms with E-state index in [-0.39, 0.29) is 23.5 Å². The fourth-order valence-corrected chi connectivity index (χ4v) is 2.77. The van der Waals surface area contributed by atoms with Gasteiger partial charge in [-0.3, -0.25) is 4.79 Å². The first kappa shape index (κ1) is 17.9. The van der Waals surface area contributed by atoms with Crippen molar-refractivity contribution in [2.45, 2.75) is 17.8 Å². The summed E-state index contributed by atoms with van der Waals surface area (Å²) in [7, 11) is -3.93. The predicted octanol–water partition coefficient (Wildman–Crippen LogP) is 1.12. The monoisotopic (exact) mass is 363 g/mol. The molecule has 0 amide bonds. The summed E-state index contributed by atoms with van der Waals surface area (Å²) in [6, 6.07) is 6.48. The Bertz CT molecular complexity index is 848. The summed E-state index contributed by atoms with van der Waals surface area (Å²) in [5.41, 5.74) is -0.384. The van der Waals surface area contributed by atoms with E-state index in [2.05, 4.69) is 14.6 Å². The number of nitrogens with zero attached hydrogens (tertiary/aromatic N) is 2. The van der Waals surface area contributed by atoms with Crippen molar-refractivity contribution in [3.8, 4) is 5.75 Å². The first-order valence-electron chi connectivity index (χ1n) is 6.55. The molecule has 0 bridgehead atoms. The molecule has 24 heavy (non-hydrogen) atoms. The molecule has 0 aliphatic rings. The molecule has 1 heterocycles. The zero-order valence-electron chi connectivity index (χ0n) is 12.0. The number of aromatic nitrogens is 2. The van der Waals surface area contributed by atoms with Gasteiger partial charge in [0.15, 0.2) is 0 Å². The van der Waals surface area contributed by atoms with Gasteiger partial charge in [-0.1, -0.05) is 0 Å². The van der Waals surface area contributed by atoms with E-state index < -0.39 is 22.1 Å². The van der Waals surface area contributed by atoms with Crippen molar-refractivity contribution in [3.05, 3.63) is 52.9 Å². The van der Waals surface area contributed by atoms with Crippen LogP contribution in [0, 0.1) is 0 Å². The third-order valence-corrected chi connectivity index (χ3v) is 4.25. The molecule has 7 nitrogen and oxygen atoms in total. The van der Waals surface area contributed by atoms with Crippen LogP contribution in [-0.2, 0) is 16.6 Å². The van der Waals surface area contributed by atoms with Gasteiger partial charge in [-0.25, -0.2) is 17.8 Å². The minimum Gasteiger partial charge on any atom is -0.406 e. The molecule has 11 heteroatoms. The number of alkyl halides is 3. The Morgan fingerprint density at radius 3 is 2.42 bits per heavy atom. The number of sulfonamides is 1. The van der Waals surface area contributed by atoms with Crippen molar-refractivity contribution in [1.29, 1.82) is 0 Å². The molecule has 1 N–H and O–H groups in total. The normalized spacial score (nSPS) is 12.1. The van der Waals surface area contributed by atoms with Gasteiger partial charge in [0, 0.05) is 18.8 Å². The number of rotatable bonds is 6. The highest BCUT2D eigenvalue weighted by Crippen LogP contribution is 2.23. The maximum atomic E-state index is 12.0. The third-order valence-electron chi connectivity index (χ3n) is 2.77. The van der Waals surface area contributed by atoms with E-state index in [1.54, 1.807) is 0 Å². The molecule has 0 saturated heterocycles. The van der Waals surface area contributed by atoms with Gasteiger partial charge in [0.05, 0.1) is 11.4 Å². The number of hydrogen-bond acceptors (Lipinski definition) is 5. The van der Waals surface area contributed by atoms with Gasteiger partial charge in [0.2, 0.25) is 10.0 Å². The van der Waals surface area contributed by atoms with Crippen LogP contribution in [0.4, 0.5) is 13.2 Å². The SMILES string of the molecule is O=c1cccnn1CCNS(=O)(=O)c1ccc(OC(F)(F)F)cc1. The third kappa shape index (κ3) is 5.06. The second-order valence-corrected chi connectivity index (χ2v) is 6.27. The molecule has 0 fully saturated rings. The number of halogens is 3. The van der Waals surface area contributed by atoms with Gasteiger partial charge in [-0.2, -0.15) is 5.10 Å². The topological polar surface area (TPSA) is 90.3 Å². The summed E-state index contributed by atoms with van der Waals surface area (Å²) in [6.45, 7) is -0.103. The van der Waals surface area contributed by atoms with Gasteiger partial charge in [-0.15, -0.1) is 13.2 Å². The number of ether oxygens (including phenoxy) is 1. The maximum Gasteiger partial charge on any atom is 0.573 e. The van der Waals surface area contributed by atoms with Gasteiger partial charge >= 0.3 is 6.36 Å². The van der Waals surface area contributed by atoms with Crippen LogP contribution < -0.4 is 15.0 Å². The molecule has 1 aromatic heterocycles. The lowest BCUT2D eigenvalue weighted by Gasteiger charge is -2.10. The van der Waals surface area contributed by atoms with Crippen molar-refractivity contribution in [3.63, 3.8) is 0 Å². The summed E-state index contributed by atoms with van der Waals surface area (Å²) >= 11 is 0. The van der Waals surface area contributed by atoms with Crippen LogP contribution >= 0.6 is 0 Å². The van der Waals surface area contributed by atoms with Crippen molar-refractivity contribution in [2.75, 3.05) is 6.54 Å². The summed E-state index contributed by atoms with van der Waals surface area (Å²) in [4.78, 5) is 11.2. The Balaban J connectivity index is 2.00. The molecule has 0 saturated carbocycles. The summed E-state index contributed by atoms with van der Waals surface area (Å²) in [6.07, 6.45) is -3.47. The molecule has 2 rings (SSSR count). The fraction of sp³-hybridized carbons (Fsp3) is 0.231. The summed E-state index contributed by atoms with van der Waals surface area (Å²) < 4.78 is 67.2. The molecule has 0 unspecified atom stereocenters. The predicted molar refractivity (Wildman–Crippen MR) is 76.8 cm³/mol. The number of hydrogen-bond donors (Lipinski definition) is 1. The Hall–Kier alpha value is -2.40. The lowest BCUT2D eigenvalue weighted by atomic mass is 10.3. The van der Waals surface area contributed by atoms with E-state index in [1.807, 2.05) is 0 Å².